The van der Waals surface area contributed by atoms with Crippen LogP contribution in [0.15, 0.2) is 41.1 Å². The number of carbonyl (C=O) groups is 1. The van der Waals surface area contributed by atoms with Gasteiger partial charge in [0.2, 0.25) is 0 Å². The van der Waals surface area contributed by atoms with Gasteiger partial charge in [-0.15, -0.1) is 0 Å². The lowest BCUT2D eigenvalue weighted by molar-refractivity contribution is 0.0843. The maximum atomic E-state index is 12.1. The highest BCUT2D eigenvalue weighted by Gasteiger charge is 2.30. The van der Waals surface area contributed by atoms with Crippen LogP contribution in [0.1, 0.15) is 34.3 Å². The van der Waals surface area contributed by atoms with Crippen molar-refractivity contribution in [3.05, 3.63) is 53.7 Å². The van der Waals surface area contributed by atoms with E-state index in [4.69, 9.17) is 9.15 Å². The van der Waals surface area contributed by atoms with Crippen LogP contribution in [0.5, 0.6) is 0 Å². The fraction of sp³-hybridized carbons (Fsp3) is 0.375. The molecule has 1 N–H and O–H groups in total. The number of hydrogen-bond donors (Lipinski definition) is 1. The van der Waals surface area contributed by atoms with Crippen LogP contribution in [-0.2, 0) is 4.74 Å². The third-order valence-electron chi connectivity index (χ3n) is 3.83. The molecule has 21 heavy (non-hydrogen) atoms. The van der Waals surface area contributed by atoms with Crippen LogP contribution in [0.25, 0.3) is 0 Å². The summed E-state index contributed by atoms with van der Waals surface area (Å²) in [6.07, 6.45) is 2.28. The van der Waals surface area contributed by atoms with Crippen LogP contribution < -0.4 is 5.32 Å². The van der Waals surface area contributed by atoms with E-state index in [0.29, 0.717) is 18.0 Å². The van der Waals surface area contributed by atoms with E-state index in [2.05, 4.69) is 22.4 Å². The molecule has 110 valence electrons. The number of hydrogen-bond acceptors (Lipinski definition) is 4. The van der Waals surface area contributed by atoms with Gasteiger partial charge in [-0.25, -0.2) is 4.98 Å². The van der Waals surface area contributed by atoms with Crippen molar-refractivity contribution in [3.63, 3.8) is 0 Å². The number of amides is 1. The first-order valence-corrected chi connectivity index (χ1v) is 7.10. The van der Waals surface area contributed by atoms with Crippen molar-refractivity contribution in [2.75, 3.05) is 13.2 Å². The standard InChI is InChI=1S/C16H18N2O3/c1-11-14(18-10-21-11)16(19)17-9-13-7-8-20-15(13)12-5-3-2-4-6-12/h2-6,10,13,15H,7-9H2,1H3,(H,17,19)/t13-,15-/m0/s1. The number of nitrogens with zero attached hydrogens (tertiary/aromatic N) is 1. The number of oxazole rings is 1. The number of nitrogens with one attached hydrogen (secondary N) is 1. The van der Waals surface area contributed by atoms with Crippen LogP contribution in [-0.4, -0.2) is 24.0 Å². The number of aromatic nitrogens is 1. The van der Waals surface area contributed by atoms with Crippen molar-refractivity contribution in [3.8, 4) is 0 Å². The van der Waals surface area contributed by atoms with E-state index < -0.39 is 0 Å². The number of benzene rings is 1. The van der Waals surface area contributed by atoms with Crippen molar-refractivity contribution >= 4 is 5.91 Å². The third-order valence-corrected chi connectivity index (χ3v) is 3.83. The highest BCUT2D eigenvalue weighted by molar-refractivity contribution is 5.93. The van der Waals surface area contributed by atoms with E-state index >= 15 is 0 Å². The van der Waals surface area contributed by atoms with E-state index in [0.717, 1.165) is 18.6 Å². The first kappa shape index (κ1) is 13.8. The molecule has 2 aromatic rings. The lowest BCUT2D eigenvalue weighted by Crippen LogP contribution is -2.31. The number of ether oxygens (including phenoxy) is 1. The lowest BCUT2D eigenvalue weighted by Gasteiger charge is -2.19. The Balaban J connectivity index is 1.62. The average molecular weight is 286 g/mol. The first-order valence-electron chi connectivity index (χ1n) is 7.10. The van der Waals surface area contributed by atoms with Gasteiger partial charge in [-0.1, -0.05) is 30.3 Å². The third kappa shape index (κ3) is 2.97. The van der Waals surface area contributed by atoms with E-state index in [1.165, 1.54) is 6.39 Å². The second kappa shape index (κ2) is 6.10. The Kier molecular flexibility index (Phi) is 4.01. The molecule has 0 aliphatic carbocycles. The number of aryl methyl sites for hydroxylation is 1. The SMILES string of the molecule is Cc1ocnc1C(=O)NC[C@@H]1CCO[C@H]1c1ccccc1. The molecule has 1 fully saturated rings. The largest absolute Gasteiger partial charge is 0.448 e. The zero-order valence-corrected chi connectivity index (χ0v) is 11.9. The zero-order valence-electron chi connectivity index (χ0n) is 11.9. The van der Waals surface area contributed by atoms with Gasteiger partial charge in [-0.2, -0.15) is 0 Å². The predicted molar refractivity (Wildman–Crippen MR) is 76.8 cm³/mol. The van der Waals surface area contributed by atoms with Gasteiger partial charge in [0, 0.05) is 19.1 Å². The van der Waals surface area contributed by atoms with Gasteiger partial charge in [0.1, 0.15) is 5.76 Å². The molecule has 0 saturated carbocycles. The first-order chi connectivity index (χ1) is 10.3. The van der Waals surface area contributed by atoms with Crippen LogP contribution in [0.2, 0.25) is 0 Å². The maximum absolute atomic E-state index is 12.1. The molecule has 1 aliphatic rings. The lowest BCUT2D eigenvalue weighted by atomic mass is 9.95. The molecule has 2 atom stereocenters. The summed E-state index contributed by atoms with van der Waals surface area (Å²) in [5.41, 5.74) is 1.51. The second-order valence-electron chi connectivity index (χ2n) is 5.22. The summed E-state index contributed by atoms with van der Waals surface area (Å²) in [7, 11) is 0. The molecule has 1 aromatic carbocycles. The Labute approximate surface area is 123 Å². The molecule has 0 bridgehead atoms. The number of carbonyl (C=O) groups excluding carboxylic acids is 1. The van der Waals surface area contributed by atoms with Gasteiger partial charge in [0.25, 0.3) is 5.91 Å². The van der Waals surface area contributed by atoms with E-state index in [1.807, 2.05) is 18.2 Å². The molecule has 1 saturated heterocycles. The van der Waals surface area contributed by atoms with Crippen molar-refractivity contribution in [2.24, 2.45) is 5.92 Å². The molecular formula is C16H18N2O3. The zero-order chi connectivity index (χ0) is 14.7. The van der Waals surface area contributed by atoms with Gasteiger partial charge in [0.15, 0.2) is 12.1 Å². The molecule has 1 aliphatic heterocycles. The van der Waals surface area contributed by atoms with Crippen LogP contribution in [0.3, 0.4) is 0 Å². The highest BCUT2D eigenvalue weighted by atomic mass is 16.5. The maximum Gasteiger partial charge on any atom is 0.273 e. The van der Waals surface area contributed by atoms with Crippen LogP contribution >= 0.6 is 0 Å². The van der Waals surface area contributed by atoms with E-state index in [1.54, 1.807) is 6.92 Å². The Morgan fingerprint density at radius 1 is 1.38 bits per heavy atom. The topological polar surface area (TPSA) is 64.4 Å². The molecule has 5 nitrogen and oxygen atoms in total. The van der Waals surface area contributed by atoms with Crippen LogP contribution in [0.4, 0.5) is 0 Å². The van der Waals surface area contributed by atoms with Crippen molar-refractivity contribution in [1.82, 2.24) is 10.3 Å². The Hall–Kier alpha value is -2.14. The molecule has 0 spiro atoms. The summed E-state index contributed by atoms with van der Waals surface area (Å²) < 4.78 is 10.9. The molecule has 0 radical (unpaired) electrons. The summed E-state index contributed by atoms with van der Waals surface area (Å²) >= 11 is 0. The van der Waals surface area contributed by atoms with Crippen molar-refractivity contribution in [2.45, 2.75) is 19.4 Å². The van der Waals surface area contributed by atoms with E-state index in [-0.39, 0.29) is 17.9 Å². The van der Waals surface area contributed by atoms with Gasteiger partial charge < -0.3 is 14.5 Å². The normalized spacial score (nSPS) is 21.4. The predicted octanol–water partition coefficient (Wildman–Crippen LogP) is 2.49. The smallest absolute Gasteiger partial charge is 0.273 e. The summed E-state index contributed by atoms with van der Waals surface area (Å²) in [4.78, 5) is 16.0. The molecule has 0 unspecified atom stereocenters. The quantitative estimate of drug-likeness (QED) is 0.938. The van der Waals surface area contributed by atoms with Crippen LogP contribution in [0, 0.1) is 12.8 Å². The van der Waals surface area contributed by atoms with Crippen molar-refractivity contribution < 1.29 is 13.9 Å². The molecule has 3 rings (SSSR count). The Morgan fingerprint density at radius 3 is 2.90 bits per heavy atom. The monoisotopic (exact) mass is 286 g/mol. The Morgan fingerprint density at radius 2 is 2.19 bits per heavy atom. The summed E-state index contributed by atoms with van der Waals surface area (Å²) in [5.74, 6) is 0.623. The van der Waals surface area contributed by atoms with Gasteiger partial charge in [0.05, 0.1) is 6.10 Å². The highest BCUT2D eigenvalue weighted by Crippen LogP contribution is 2.33. The summed E-state index contributed by atoms with van der Waals surface area (Å²) in [5, 5.41) is 2.93. The fourth-order valence-electron chi connectivity index (χ4n) is 2.68. The second-order valence-corrected chi connectivity index (χ2v) is 5.22. The van der Waals surface area contributed by atoms with Gasteiger partial charge in [-0.05, 0) is 18.9 Å². The summed E-state index contributed by atoms with van der Waals surface area (Å²) in [6, 6.07) is 10.1. The fourth-order valence-corrected chi connectivity index (χ4v) is 2.68. The minimum absolute atomic E-state index is 0.0462. The molecular weight excluding hydrogens is 268 g/mol. The minimum atomic E-state index is -0.194. The Bertz CT molecular complexity index is 609. The average Bonchev–Trinajstić information content (AvgIpc) is 3.14. The molecule has 1 amide bonds. The van der Waals surface area contributed by atoms with Gasteiger partial charge >= 0.3 is 0 Å². The van der Waals surface area contributed by atoms with Gasteiger partial charge in [-0.3, -0.25) is 4.79 Å². The minimum Gasteiger partial charge on any atom is -0.448 e. The molecule has 5 heteroatoms. The molecule has 2 heterocycles. The summed E-state index contributed by atoms with van der Waals surface area (Å²) in [6.45, 7) is 3.03. The molecule has 1 aromatic heterocycles. The van der Waals surface area contributed by atoms with E-state index in [9.17, 15) is 4.79 Å². The number of rotatable bonds is 4. The van der Waals surface area contributed by atoms with Crippen molar-refractivity contribution in [1.29, 1.82) is 0 Å².